The quantitative estimate of drug-likeness (QED) is 0.758. The van der Waals surface area contributed by atoms with Crippen molar-refractivity contribution in [2.45, 2.75) is 18.4 Å². The molecule has 0 aliphatic heterocycles. The summed E-state index contributed by atoms with van der Waals surface area (Å²) in [5.74, 6) is -0.477. The van der Waals surface area contributed by atoms with Crippen LogP contribution in [0.15, 0.2) is 35.4 Å². The van der Waals surface area contributed by atoms with E-state index in [9.17, 15) is 12.8 Å². The molecule has 0 bridgehead atoms. The van der Waals surface area contributed by atoms with Gasteiger partial charge in [0, 0.05) is 13.6 Å². The van der Waals surface area contributed by atoms with E-state index in [1.165, 1.54) is 12.1 Å². The predicted octanol–water partition coefficient (Wildman–Crippen LogP) is 1.20. The van der Waals surface area contributed by atoms with Gasteiger partial charge in [0.05, 0.1) is 23.3 Å². The van der Waals surface area contributed by atoms with Crippen LogP contribution in [-0.4, -0.2) is 34.5 Å². The maximum atomic E-state index is 12.9. The van der Waals surface area contributed by atoms with Crippen molar-refractivity contribution in [1.82, 2.24) is 24.3 Å². The molecule has 9 heteroatoms. The van der Waals surface area contributed by atoms with Crippen molar-refractivity contribution in [2.24, 2.45) is 7.05 Å². The molecule has 122 valence electrons. The van der Waals surface area contributed by atoms with Gasteiger partial charge in [0.15, 0.2) is 0 Å². The van der Waals surface area contributed by atoms with E-state index in [2.05, 4.69) is 14.9 Å². The zero-order chi connectivity index (χ0) is 16.6. The predicted molar refractivity (Wildman–Crippen MR) is 82.8 cm³/mol. The Kier molecular flexibility index (Phi) is 3.90. The number of benzene rings is 1. The first-order valence-corrected chi connectivity index (χ1v) is 8.47. The van der Waals surface area contributed by atoms with Crippen molar-refractivity contribution in [3.8, 4) is 0 Å². The molecule has 2 aromatic heterocycles. The van der Waals surface area contributed by atoms with Crippen molar-refractivity contribution >= 4 is 21.1 Å². The number of fused-ring (bicyclic) bond motifs is 1. The van der Waals surface area contributed by atoms with E-state index in [0.29, 0.717) is 6.54 Å². The fourth-order valence-electron chi connectivity index (χ4n) is 2.46. The van der Waals surface area contributed by atoms with Gasteiger partial charge in [0.2, 0.25) is 10.0 Å². The highest BCUT2D eigenvalue weighted by Gasteiger charge is 2.15. The molecule has 0 atom stereocenters. The van der Waals surface area contributed by atoms with Gasteiger partial charge in [0.25, 0.3) is 0 Å². The van der Waals surface area contributed by atoms with Crippen molar-refractivity contribution in [2.75, 3.05) is 6.54 Å². The number of aryl methyl sites for hydroxylation is 2. The van der Waals surface area contributed by atoms with Crippen LogP contribution in [0.25, 0.3) is 11.0 Å². The normalized spacial score (nSPS) is 12.1. The van der Waals surface area contributed by atoms with Gasteiger partial charge in [-0.1, -0.05) is 0 Å². The van der Waals surface area contributed by atoms with Crippen molar-refractivity contribution < 1.29 is 12.8 Å². The SMILES string of the molecule is Cc1nn(C)c2cnn(CCNS(=O)(=O)c3ccc(F)cc3)c12. The van der Waals surface area contributed by atoms with Gasteiger partial charge in [-0.15, -0.1) is 0 Å². The average molecular weight is 337 g/mol. The molecular weight excluding hydrogens is 321 g/mol. The first kappa shape index (κ1) is 15.6. The van der Waals surface area contributed by atoms with E-state index in [1.807, 2.05) is 14.0 Å². The molecule has 23 heavy (non-hydrogen) atoms. The van der Waals surface area contributed by atoms with E-state index in [0.717, 1.165) is 28.9 Å². The van der Waals surface area contributed by atoms with E-state index in [1.54, 1.807) is 15.6 Å². The second kappa shape index (κ2) is 5.74. The lowest BCUT2D eigenvalue weighted by molar-refractivity contribution is 0.565. The lowest BCUT2D eigenvalue weighted by Crippen LogP contribution is -2.27. The van der Waals surface area contributed by atoms with Crippen LogP contribution in [0.2, 0.25) is 0 Å². The van der Waals surface area contributed by atoms with Gasteiger partial charge in [-0.05, 0) is 31.2 Å². The Morgan fingerprint density at radius 1 is 1.26 bits per heavy atom. The third-order valence-corrected chi connectivity index (χ3v) is 5.03. The summed E-state index contributed by atoms with van der Waals surface area (Å²) in [4.78, 5) is 0.0297. The van der Waals surface area contributed by atoms with Gasteiger partial charge < -0.3 is 0 Å². The van der Waals surface area contributed by atoms with Gasteiger partial charge >= 0.3 is 0 Å². The van der Waals surface area contributed by atoms with Gasteiger partial charge in [-0.2, -0.15) is 10.2 Å². The summed E-state index contributed by atoms with van der Waals surface area (Å²) >= 11 is 0. The summed E-state index contributed by atoms with van der Waals surface area (Å²) in [7, 11) is -1.84. The van der Waals surface area contributed by atoms with E-state index in [-0.39, 0.29) is 11.4 Å². The second-order valence-corrected chi connectivity index (χ2v) is 6.93. The molecule has 0 saturated heterocycles. The number of rotatable bonds is 5. The fraction of sp³-hybridized carbons (Fsp3) is 0.286. The number of nitrogens with zero attached hydrogens (tertiary/aromatic N) is 4. The number of nitrogens with one attached hydrogen (secondary N) is 1. The zero-order valence-corrected chi connectivity index (χ0v) is 13.5. The Morgan fingerprint density at radius 2 is 1.96 bits per heavy atom. The molecule has 0 fully saturated rings. The van der Waals surface area contributed by atoms with Crippen LogP contribution >= 0.6 is 0 Å². The summed E-state index contributed by atoms with van der Waals surface area (Å²) in [5, 5.41) is 8.56. The highest BCUT2D eigenvalue weighted by Crippen LogP contribution is 2.16. The molecule has 0 aliphatic rings. The van der Waals surface area contributed by atoms with Crippen LogP contribution in [0.4, 0.5) is 4.39 Å². The monoisotopic (exact) mass is 337 g/mol. The molecule has 0 radical (unpaired) electrons. The Balaban J connectivity index is 1.72. The van der Waals surface area contributed by atoms with Crippen LogP contribution in [0.1, 0.15) is 5.69 Å². The van der Waals surface area contributed by atoms with Crippen LogP contribution in [0.5, 0.6) is 0 Å². The number of aromatic nitrogens is 4. The number of sulfonamides is 1. The van der Waals surface area contributed by atoms with Crippen molar-refractivity contribution in [3.63, 3.8) is 0 Å². The highest BCUT2D eigenvalue weighted by molar-refractivity contribution is 7.89. The highest BCUT2D eigenvalue weighted by atomic mass is 32.2. The topological polar surface area (TPSA) is 81.8 Å². The van der Waals surface area contributed by atoms with Gasteiger partial charge in [0.1, 0.15) is 16.9 Å². The van der Waals surface area contributed by atoms with E-state index < -0.39 is 15.8 Å². The Morgan fingerprint density at radius 3 is 2.65 bits per heavy atom. The van der Waals surface area contributed by atoms with Gasteiger partial charge in [-0.3, -0.25) is 9.36 Å². The molecule has 0 saturated carbocycles. The number of hydrogen-bond acceptors (Lipinski definition) is 4. The second-order valence-electron chi connectivity index (χ2n) is 5.16. The average Bonchev–Trinajstić information content (AvgIpc) is 3.02. The third-order valence-electron chi connectivity index (χ3n) is 3.55. The first-order valence-electron chi connectivity index (χ1n) is 6.99. The number of halogens is 1. The molecule has 0 amide bonds. The minimum Gasteiger partial charge on any atom is -0.264 e. The maximum absolute atomic E-state index is 12.9. The van der Waals surface area contributed by atoms with Crippen LogP contribution in [0.3, 0.4) is 0 Å². The fourth-order valence-corrected chi connectivity index (χ4v) is 3.48. The molecule has 1 aromatic carbocycles. The standard InChI is InChI=1S/C14H16FN5O2S/c1-10-14-13(19(2)18-10)9-16-20(14)8-7-17-23(21,22)12-5-3-11(15)4-6-12/h3-6,9,17H,7-8H2,1-2H3. The zero-order valence-electron chi connectivity index (χ0n) is 12.7. The maximum Gasteiger partial charge on any atom is 0.240 e. The molecule has 1 N–H and O–H groups in total. The molecule has 0 aliphatic carbocycles. The molecule has 0 spiro atoms. The Hall–Kier alpha value is -2.26. The lowest BCUT2D eigenvalue weighted by atomic mass is 10.4. The van der Waals surface area contributed by atoms with Crippen LogP contribution in [0, 0.1) is 12.7 Å². The van der Waals surface area contributed by atoms with E-state index in [4.69, 9.17) is 0 Å². The smallest absolute Gasteiger partial charge is 0.240 e. The molecule has 2 heterocycles. The van der Waals surface area contributed by atoms with Crippen LogP contribution < -0.4 is 4.72 Å². The van der Waals surface area contributed by atoms with E-state index >= 15 is 0 Å². The summed E-state index contributed by atoms with van der Waals surface area (Å²) in [6, 6.07) is 4.69. The Labute approximate surface area is 132 Å². The summed E-state index contributed by atoms with van der Waals surface area (Å²) < 4.78 is 43.1. The van der Waals surface area contributed by atoms with Gasteiger partial charge in [-0.25, -0.2) is 17.5 Å². The van der Waals surface area contributed by atoms with Crippen LogP contribution in [-0.2, 0) is 23.6 Å². The molecule has 0 unspecified atom stereocenters. The number of hydrogen-bond donors (Lipinski definition) is 1. The molecule has 3 aromatic rings. The minimum atomic E-state index is -3.67. The molecule has 3 rings (SSSR count). The Bertz CT molecular complexity index is 944. The van der Waals surface area contributed by atoms with Crippen molar-refractivity contribution in [3.05, 3.63) is 42.0 Å². The minimum absolute atomic E-state index is 0.0297. The van der Waals surface area contributed by atoms with Crippen molar-refractivity contribution in [1.29, 1.82) is 0 Å². The lowest BCUT2D eigenvalue weighted by Gasteiger charge is -2.07. The molecular formula is C14H16FN5O2S. The largest absolute Gasteiger partial charge is 0.264 e. The summed E-state index contributed by atoms with van der Waals surface area (Å²) in [5.41, 5.74) is 2.61. The summed E-state index contributed by atoms with van der Waals surface area (Å²) in [6.07, 6.45) is 1.70. The summed E-state index contributed by atoms with van der Waals surface area (Å²) in [6.45, 7) is 2.42. The third kappa shape index (κ3) is 2.97. The molecule has 7 nitrogen and oxygen atoms in total. The first-order chi connectivity index (χ1) is 10.9.